The van der Waals surface area contributed by atoms with Crippen molar-refractivity contribution in [2.45, 2.75) is 45.6 Å². The lowest BCUT2D eigenvalue weighted by Crippen LogP contribution is -2.54. The lowest BCUT2D eigenvalue weighted by molar-refractivity contribution is -0.136. The van der Waals surface area contributed by atoms with Crippen molar-refractivity contribution in [3.63, 3.8) is 0 Å². The molecule has 0 unspecified atom stereocenters. The Bertz CT molecular complexity index is 936. The monoisotopic (exact) mass is 400 g/mol. The van der Waals surface area contributed by atoms with Crippen molar-refractivity contribution in [2.75, 3.05) is 11.9 Å². The van der Waals surface area contributed by atoms with E-state index in [2.05, 4.69) is 36.4 Å². The van der Waals surface area contributed by atoms with Gasteiger partial charge in [-0.2, -0.15) is 0 Å². The van der Waals surface area contributed by atoms with Gasteiger partial charge in [-0.05, 0) is 42.7 Å². The third kappa shape index (κ3) is 3.37. The minimum absolute atomic E-state index is 0.0418. The molecule has 28 heavy (non-hydrogen) atoms. The van der Waals surface area contributed by atoms with Crippen molar-refractivity contribution < 1.29 is 14.4 Å². The van der Waals surface area contributed by atoms with Crippen LogP contribution in [0.2, 0.25) is 0 Å². The molecule has 2 atom stereocenters. The van der Waals surface area contributed by atoms with Crippen molar-refractivity contribution in [1.82, 2.24) is 15.2 Å². The molecule has 2 fully saturated rings. The number of benzene rings is 1. The smallest absolute Gasteiger partial charge is 0.323 e. The van der Waals surface area contributed by atoms with Crippen molar-refractivity contribution in [2.24, 2.45) is 11.3 Å². The highest BCUT2D eigenvalue weighted by atomic mass is 32.1. The zero-order chi connectivity index (χ0) is 20.1. The molecule has 1 aromatic heterocycles. The van der Waals surface area contributed by atoms with Crippen molar-refractivity contribution in [3.05, 3.63) is 24.3 Å². The van der Waals surface area contributed by atoms with Gasteiger partial charge in [-0.3, -0.25) is 14.5 Å². The van der Waals surface area contributed by atoms with E-state index in [1.807, 2.05) is 24.3 Å². The number of carbonyl (C=O) groups excluding carboxylic acids is 3. The Morgan fingerprint density at radius 1 is 1.32 bits per heavy atom. The molecule has 2 N–H and O–H groups in total. The first-order valence-corrected chi connectivity index (χ1v) is 10.3. The molecule has 4 rings (SSSR count). The molecule has 4 amide bonds. The average Bonchev–Trinajstić information content (AvgIpc) is 3.07. The molecule has 7 nitrogen and oxygen atoms in total. The fraction of sp³-hybridized carbons (Fsp3) is 0.500. The summed E-state index contributed by atoms with van der Waals surface area (Å²) in [5, 5.41) is 6.06. The first-order valence-electron chi connectivity index (χ1n) is 9.47. The van der Waals surface area contributed by atoms with Gasteiger partial charge in [-0.25, -0.2) is 9.78 Å². The molecule has 148 valence electrons. The number of nitrogens with one attached hydrogen (secondary N) is 2. The molecule has 0 radical (unpaired) electrons. The number of imide groups is 1. The van der Waals surface area contributed by atoms with E-state index < -0.39 is 17.5 Å². The average molecular weight is 401 g/mol. The van der Waals surface area contributed by atoms with E-state index >= 15 is 0 Å². The van der Waals surface area contributed by atoms with E-state index in [1.165, 1.54) is 11.3 Å². The fourth-order valence-electron chi connectivity index (χ4n) is 4.88. The minimum atomic E-state index is -0.894. The summed E-state index contributed by atoms with van der Waals surface area (Å²) < 4.78 is 0.963. The van der Waals surface area contributed by atoms with E-state index in [9.17, 15) is 14.4 Å². The van der Waals surface area contributed by atoms with E-state index in [4.69, 9.17) is 0 Å². The summed E-state index contributed by atoms with van der Waals surface area (Å²) in [4.78, 5) is 43.5. The van der Waals surface area contributed by atoms with Gasteiger partial charge in [0.2, 0.25) is 5.91 Å². The van der Waals surface area contributed by atoms with Crippen LogP contribution >= 0.6 is 11.3 Å². The van der Waals surface area contributed by atoms with Gasteiger partial charge in [0.1, 0.15) is 12.1 Å². The van der Waals surface area contributed by atoms with Gasteiger partial charge < -0.3 is 10.6 Å². The van der Waals surface area contributed by atoms with Crippen molar-refractivity contribution in [3.8, 4) is 0 Å². The largest absolute Gasteiger partial charge is 0.325 e. The number of urea groups is 1. The van der Waals surface area contributed by atoms with Crippen LogP contribution in [0, 0.1) is 11.3 Å². The van der Waals surface area contributed by atoms with Crippen LogP contribution in [0.25, 0.3) is 10.2 Å². The molecule has 0 bridgehead atoms. The second kappa shape index (κ2) is 6.55. The molecule has 1 aromatic carbocycles. The lowest BCUT2D eigenvalue weighted by Gasteiger charge is -2.43. The van der Waals surface area contributed by atoms with Gasteiger partial charge in [-0.15, -0.1) is 0 Å². The van der Waals surface area contributed by atoms with E-state index in [-0.39, 0.29) is 17.9 Å². The maximum atomic E-state index is 13.1. The van der Waals surface area contributed by atoms with Crippen LogP contribution in [-0.4, -0.2) is 39.8 Å². The Balaban J connectivity index is 1.47. The molecule has 2 heterocycles. The van der Waals surface area contributed by atoms with Crippen LogP contribution in [0.1, 0.15) is 40.0 Å². The number of aromatic nitrogens is 1. The second-order valence-corrected chi connectivity index (χ2v) is 9.82. The predicted molar refractivity (Wildman–Crippen MR) is 108 cm³/mol. The van der Waals surface area contributed by atoms with Crippen molar-refractivity contribution >= 4 is 44.5 Å². The predicted octanol–water partition coefficient (Wildman–Crippen LogP) is 3.37. The van der Waals surface area contributed by atoms with E-state index in [1.54, 1.807) is 0 Å². The molecule has 1 saturated carbocycles. The molecule has 8 heteroatoms. The third-order valence-electron chi connectivity index (χ3n) is 5.47. The highest BCUT2D eigenvalue weighted by Crippen LogP contribution is 2.46. The zero-order valence-electron chi connectivity index (χ0n) is 16.2. The zero-order valence-corrected chi connectivity index (χ0v) is 17.1. The normalized spacial score (nSPS) is 26.7. The number of rotatable bonds is 3. The summed E-state index contributed by atoms with van der Waals surface area (Å²) >= 11 is 1.36. The van der Waals surface area contributed by atoms with Gasteiger partial charge in [-0.1, -0.05) is 44.2 Å². The number of amides is 4. The van der Waals surface area contributed by atoms with Gasteiger partial charge in [0.05, 0.1) is 10.2 Å². The van der Waals surface area contributed by atoms with Gasteiger partial charge in [0.15, 0.2) is 5.13 Å². The number of para-hydroxylation sites is 1. The second-order valence-electron chi connectivity index (χ2n) is 8.79. The summed E-state index contributed by atoms with van der Waals surface area (Å²) in [6, 6.07) is 7.09. The molecule has 1 saturated heterocycles. The van der Waals surface area contributed by atoms with E-state index in [0.717, 1.165) is 21.5 Å². The number of hydrogen-bond acceptors (Lipinski definition) is 5. The van der Waals surface area contributed by atoms with Gasteiger partial charge >= 0.3 is 6.03 Å². The highest BCUT2D eigenvalue weighted by molar-refractivity contribution is 7.22. The Hall–Kier alpha value is -2.48. The Morgan fingerprint density at radius 3 is 2.79 bits per heavy atom. The first-order chi connectivity index (χ1) is 13.2. The topological polar surface area (TPSA) is 91.4 Å². The highest BCUT2D eigenvalue weighted by Gasteiger charge is 2.56. The van der Waals surface area contributed by atoms with Crippen molar-refractivity contribution in [1.29, 1.82) is 0 Å². The number of anilines is 1. The van der Waals surface area contributed by atoms with Crippen LogP contribution in [0.3, 0.4) is 0 Å². The Labute approximate surface area is 167 Å². The quantitative estimate of drug-likeness (QED) is 0.773. The van der Waals surface area contributed by atoms with Crippen LogP contribution < -0.4 is 10.6 Å². The molecule has 2 aromatic rings. The van der Waals surface area contributed by atoms with E-state index in [0.29, 0.717) is 23.9 Å². The number of thiazole rings is 1. The fourth-order valence-corrected chi connectivity index (χ4v) is 5.76. The van der Waals surface area contributed by atoms with Crippen LogP contribution in [0.5, 0.6) is 0 Å². The van der Waals surface area contributed by atoms with Crippen LogP contribution in [0.4, 0.5) is 9.93 Å². The van der Waals surface area contributed by atoms with Gasteiger partial charge in [0, 0.05) is 0 Å². The summed E-state index contributed by atoms with van der Waals surface area (Å²) in [6.45, 7) is 6.03. The maximum Gasteiger partial charge on any atom is 0.325 e. The Morgan fingerprint density at radius 2 is 2.07 bits per heavy atom. The van der Waals surface area contributed by atoms with Gasteiger partial charge in [0.25, 0.3) is 5.91 Å². The third-order valence-corrected chi connectivity index (χ3v) is 6.42. The molecule has 1 spiro atoms. The standard InChI is InChI=1S/C20H24N4O3S/c1-12-8-19(2,3)11-20(9-12)16(26)24(18(27)23-20)10-15(25)22-17-21-13-6-4-5-7-14(13)28-17/h4-7,12H,8-11H2,1-3H3,(H,23,27)(H,21,22,25)/t12-,20+/m1/s1. The molecule has 2 aliphatic rings. The summed E-state index contributed by atoms with van der Waals surface area (Å²) in [5.41, 5.74) is -0.135. The number of hydrogen-bond donors (Lipinski definition) is 2. The molecular weight excluding hydrogens is 376 g/mol. The maximum absolute atomic E-state index is 13.1. The summed E-state index contributed by atoms with van der Waals surface area (Å²) in [6.07, 6.45) is 2.21. The number of fused-ring (bicyclic) bond motifs is 1. The number of nitrogens with zero attached hydrogens (tertiary/aromatic N) is 2. The Kier molecular flexibility index (Phi) is 4.41. The van der Waals surface area contributed by atoms with Crippen LogP contribution in [0.15, 0.2) is 24.3 Å². The SMILES string of the molecule is C[C@@H]1CC(C)(C)C[C@]2(C1)NC(=O)N(CC(=O)Nc1nc3ccccc3s1)C2=O. The molecule has 1 aliphatic carbocycles. The molecular formula is C20H24N4O3S. The number of carbonyl (C=O) groups is 3. The first kappa shape index (κ1) is 18.9. The minimum Gasteiger partial charge on any atom is -0.323 e. The lowest BCUT2D eigenvalue weighted by atomic mass is 9.64. The summed E-state index contributed by atoms with van der Waals surface area (Å²) in [5.74, 6) is -0.399. The van der Waals surface area contributed by atoms with Crippen LogP contribution in [-0.2, 0) is 9.59 Å². The molecule has 1 aliphatic heterocycles. The summed E-state index contributed by atoms with van der Waals surface area (Å²) in [7, 11) is 0.